The van der Waals surface area contributed by atoms with Crippen molar-refractivity contribution < 1.29 is 9.53 Å². The highest BCUT2D eigenvalue weighted by atomic mass is 16.5. The Hall–Kier alpha value is -1.44. The topological polar surface area (TPSA) is 62.6 Å². The molecule has 1 aromatic heterocycles. The number of carbonyl (C=O) groups excluding carboxylic acids is 1. The summed E-state index contributed by atoms with van der Waals surface area (Å²) in [6, 6.07) is 0. The summed E-state index contributed by atoms with van der Waals surface area (Å²) in [5, 5.41) is 3.42. The van der Waals surface area contributed by atoms with Crippen LogP contribution in [-0.4, -0.2) is 77.7 Å². The summed E-state index contributed by atoms with van der Waals surface area (Å²) in [4.78, 5) is 22.1. The highest BCUT2D eigenvalue weighted by Crippen LogP contribution is 2.40. The van der Waals surface area contributed by atoms with E-state index < -0.39 is 0 Å². The monoisotopic (exact) mass is 333 g/mol. The molecule has 0 aliphatic carbocycles. The van der Waals surface area contributed by atoms with E-state index in [1.165, 1.54) is 0 Å². The molecule has 0 bridgehead atoms. The van der Waals surface area contributed by atoms with Crippen LogP contribution in [0.3, 0.4) is 0 Å². The number of nitrogens with one attached hydrogen (secondary N) is 1. The average molecular weight is 333 g/mol. The Morgan fingerprint density at radius 3 is 3.00 bits per heavy atom. The molecule has 1 aromatic rings. The van der Waals surface area contributed by atoms with Gasteiger partial charge < -0.3 is 19.5 Å². The second-order valence-electron chi connectivity index (χ2n) is 7.33. The lowest BCUT2D eigenvalue weighted by atomic mass is 9.73. The van der Waals surface area contributed by atoms with E-state index >= 15 is 0 Å². The summed E-state index contributed by atoms with van der Waals surface area (Å²) in [5.41, 5.74) is -0.222. The number of hydrogen-bond donors (Lipinski definition) is 1. The molecule has 7 heteroatoms. The molecule has 0 saturated carbocycles. The number of piperazine rings is 1. The Balaban J connectivity index is 1.37. The first-order valence-corrected chi connectivity index (χ1v) is 8.95. The lowest BCUT2D eigenvalue weighted by Crippen LogP contribution is -2.56. The second kappa shape index (κ2) is 6.46. The van der Waals surface area contributed by atoms with E-state index in [1.54, 1.807) is 0 Å². The summed E-state index contributed by atoms with van der Waals surface area (Å²) in [5.74, 6) is 1.76. The number of rotatable bonds is 3. The molecule has 1 N–H and O–H groups in total. The first-order chi connectivity index (χ1) is 11.7. The molecule has 0 aromatic carbocycles. The summed E-state index contributed by atoms with van der Waals surface area (Å²) < 4.78 is 7.67. The lowest BCUT2D eigenvalue weighted by Gasteiger charge is -2.43. The Kier molecular flexibility index (Phi) is 4.32. The van der Waals surface area contributed by atoms with Crippen molar-refractivity contribution >= 4 is 5.91 Å². The van der Waals surface area contributed by atoms with Crippen molar-refractivity contribution in [1.29, 1.82) is 0 Å². The maximum atomic E-state index is 13.2. The van der Waals surface area contributed by atoms with Gasteiger partial charge in [-0.3, -0.25) is 9.69 Å². The number of imidazole rings is 1. The summed E-state index contributed by atoms with van der Waals surface area (Å²) in [6.45, 7) is 7.48. The molecule has 24 heavy (non-hydrogen) atoms. The molecule has 132 valence electrons. The van der Waals surface area contributed by atoms with Crippen LogP contribution in [0.5, 0.6) is 0 Å². The quantitative estimate of drug-likeness (QED) is 0.822. The molecule has 3 fully saturated rings. The van der Waals surface area contributed by atoms with Crippen LogP contribution in [0.4, 0.5) is 0 Å². The van der Waals surface area contributed by atoms with Crippen molar-refractivity contribution in [2.45, 2.75) is 13.0 Å². The van der Waals surface area contributed by atoms with Gasteiger partial charge in [0.25, 0.3) is 0 Å². The molecule has 0 spiro atoms. The number of aryl methyl sites for hydroxylation is 1. The van der Waals surface area contributed by atoms with Crippen molar-refractivity contribution in [2.24, 2.45) is 18.4 Å². The molecule has 0 unspecified atom stereocenters. The predicted molar refractivity (Wildman–Crippen MR) is 89.3 cm³/mol. The van der Waals surface area contributed by atoms with Crippen LogP contribution in [-0.2, 0) is 23.1 Å². The average Bonchev–Trinajstić information content (AvgIpc) is 3.22. The van der Waals surface area contributed by atoms with E-state index in [0.717, 1.165) is 64.7 Å². The van der Waals surface area contributed by atoms with Crippen LogP contribution in [0.1, 0.15) is 12.2 Å². The maximum Gasteiger partial charge on any atom is 0.230 e. The van der Waals surface area contributed by atoms with Gasteiger partial charge in [0.05, 0.1) is 18.6 Å². The van der Waals surface area contributed by atoms with E-state index in [1.807, 2.05) is 19.4 Å². The van der Waals surface area contributed by atoms with Crippen LogP contribution >= 0.6 is 0 Å². The summed E-state index contributed by atoms with van der Waals surface area (Å²) in [6.07, 6.45) is 4.68. The Labute approximate surface area is 143 Å². The minimum Gasteiger partial charge on any atom is -0.381 e. The maximum absolute atomic E-state index is 13.2. The van der Waals surface area contributed by atoms with Gasteiger partial charge in [-0.2, -0.15) is 0 Å². The number of ether oxygens (including phenoxy) is 1. The molecule has 2 atom stereocenters. The molecule has 3 saturated heterocycles. The van der Waals surface area contributed by atoms with Gasteiger partial charge in [-0.1, -0.05) is 0 Å². The van der Waals surface area contributed by atoms with Gasteiger partial charge in [-0.15, -0.1) is 0 Å². The molecule has 3 aliphatic rings. The Bertz CT molecular complexity index is 596. The number of amides is 1. The largest absolute Gasteiger partial charge is 0.381 e. The number of aromatic nitrogens is 2. The first-order valence-electron chi connectivity index (χ1n) is 8.95. The van der Waals surface area contributed by atoms with Crippen molar-refractivity contribution in [1.82, 2.24) is 24.7 Å². The van der Waals surface area contributed by atoms with E-state index in [2.05, 4.69) is 24.7 Å². The van der Waals surface area contributed by atoms with Crippen LogP contribution in [0.2, 0.25) is 0 Å². The second-order valence-corrected chi connectivity index (χ2v) is 7.33. The fourth-order valence-electron chi connectivity index (χ4n) is 4.33. The van der Waals surface area contributed by atoms with Gasteiger partial charge in [-0.05, 0) is 6.42 Å². The van der Waals surface area contributed by atoms with Gasteiger partial charge in [-0.25, -0.2) is 4.98 Å². The molecule has 7 nitrogen and oxygen atoms in total. The lowest BCUT2D eigenvalue weighted by molar-refractivity contribution is -0.152. The van der Waals surface area contributed by atoms with Crippen LogP contribution < -0.4 is 5.32 Å². The zero-order valence-electron chi connectivity index (χ0n) is 14.4. The fraction of sp³-hybridized carbons (Fsp3) is 0.765. The zero-order valence-corrected chi connectivity index (χ0v) is 14.4. The minimum atomic E-state index is -0.222. The SMILES string of the molecule is Cn1ccnc1CN1CCN(C(=O)[C@@]23CCOC[C@@H]2CNC3)CC1. The molecular formula is C17H27N5O2. The molecule has 0 radical (unpaired) electrons. The Morgan fingerprint density at radius 2 is 2.25 bits per heavy atom. The Morgan fingerprint density at radius 1 is 1.42 bits per heavy atom. The molecular weight excluding hydrogens is 306 g/mol. The van der Waals surface area contributed by atoms with Gasteiger partial charge in [0, 0.05) is 71.2 Å². The molecule has 1 amide bonds. The highest BCUT2D eigenvalue weighted by molar-refractivity contribution is 5.84. The van der Waals surface area contributed by atoms with Gasteiger partial charge in [0.2, 0.25) is 5.91 Å². The fourth-order valence-corrected chi connectivity index (χ4v) is 4.33. The number of carbonyl (C=O) groups is 1. The highest BCUT2D eigenvalue weighted by Gasteiger charge is 2.52. The summed E-state index contributed by atoms with van der Waals surface area (Å²) in [7, 11) is 2.03. The smallest absolute Gasteiger partial charge is 0.230 e. The first kappa shape index (κ1) is 16.1. The van der Waals surface area contributed by atoms with E-state index in [4.69, 9.17) is 4.74 Å². The standard InChI is InChI=1S/C17H27N5O2/c1-20-4-3-19-15(20)11-21-5-7-22(8-6-21)16(23)17-2-9-24-12-14(17)10-18-13-17/h3-4,14,18H,2,5-13H2,1H3/t14-,17+/m0/s1. The van der Waals surface area contributed by atoms with E-state index in [0.29, 0.717) is 18.4 Å². The van der Waals surface area contributed by atoms with Crippen molar-refractivity contribution in [3.8, 4) is 0 Å². The zero-order chi connectivity index (χ0) is 16.6. The summed E-state index contributed by atoms with van der Waals surface area (Å²) >= 11 is 0. The minimum absolute atomic E-state index is 0.222. The van der Waals surface area contributed by atoms with Crippen molar-refractivity contribution in [3.05, 3.63) is 18.2 Å². The third-order valence-corrected chi connectivity index (χ3v) is 6.00. The molecule has 4 heterocycles. The van der Waals surface area contributed by atoms with Crippen LogP contribution in [0, 0.1) is 11.3 Å². The van der Waals surface area contributed by atoms with E-state index in [-0.39, 0.29) is 5.41 Å². The van der Waals surface area contributed by atoms with Crippen molar-refractivity contribution in [3.63, 3.8) is 0 Å². The predicted octanol–water partition coefficient (Wildman–Crippen LogP) is -0.310. The van der Waals surface area contributed by atoms with Crippen LogP contribution in [0.15, 0.2) is 12.4 Å². The van der Waals surface area contributed by atoms with Gasteiger partial charge in [0.15, 0.2) is 0 Å². The molecule has 3 aliphatic heterocycles. The van der Waals surface area contributed by atoms with E-state index in [9.17, 15) is 4.79 Å². The number of nitrogens with zero attached hydrogens (tertiary/aromatic N) is 4. The molecule has 4 rings (SSSR count). The van der Waals surface area contributed by atoms with Gasteiger partial charge >= 0.3 is 0 Å². The van der Waals surface area contributed by atoms with Crippen LogP contribution in [0.25, 0.3) is 0 Å². The van der Waals surface area contributed by atoms with Crippen molar-refractivity contribution in [2.75, 3.05) is 52.5 Å². The third kappa shape index (κ3) is 2.74. The number of fused-ring (bicyclic) bond motifs is 1. The number of hydrogen-bond acceptors (Lipinski definition) is 5. The van der Waals surface area contributed by atoms with Gasteiger partial charge in [0.1, 0.15) is 5.82 Å². The normalized spacial score (nSPS) is 31.2. The third-order valence-electron chi connectivity index (χ3n) is 6.00.